The van der Waals surface area contributed by atoms with Gasteiger partial charge in [-0.25, -0.2) is 13.1 Å². The molecule has 0 radical (unpaired) electrons. The summed E-state index contributed by atoms with van der Waals surface area (Å²) in [5, 5.41) is 10.5. The van der Waals surface area contributed by atoms with Crippen molar-refractivity contribution in [1.29, 1.82) is 0 Å². The molecule has 1 aromatic carbocycles. The first-order valence-corrected chi connectivity index (χ1v) is 8.60. The molecule has 3 aromatic rings. The Balaban J connectivity index is 1.75. The molecule has 0 bridgehead atoms. The molecule has 3 rings (SSSR count). The lowest BCUT2D eigenvalue weighted by molar-refractivity contribution is -0.114. The SMILES string of the molecule is CC(=O)Nc1ccc(S(=O)(=O)NCc2nnc3ccccn23)cc1. The molecule has 9 heteroatoms. The molecular weight excluding hydrogens is 330 g/mol. The molecule has 1 amide bonds. The highest BCUT2D eigenvalue weighted by Crippen LogP contribution is 2.14. The average molecular weight is 345 g/mol. The summed E-state index contributed by atoms with van der Waals surface area (Å²) in [7, 11) is -3.69. The highest BCUT2D eigenvalue weighted by molar-refractivity contribution is 7.89. The van der Waals surface area contributed by atoms with Crippen LogP contribution in [0, 0.1) is 0 Å². The van der Waals surface area contributed by atoms with Gasteiger partial charge in [-0.15, -0.1) is 10.2 Å². The Bertz CT molecular complexity index is 980. The number of rotatable bonds is 5. The second-order valence-corrected chi connectivity index (χ2v) is 6.84. The van der Waals surface area contributed by atoms with E-state index >= 15 is 0 Å². The Labute approximate surface area is 138 Å². The topological polar surface area (TPSA) is 105 Å². The van der Waals surface area contributed by atoms with Crippen molar-refractivity contribution < 1.29 is 13.2 Å². The summed E-state index contributed by atoms with van der Waals surface area (Å²) < 4.78 is 28.9. The normalized spacial score (nSPS) is 11.5. The standard InChI is InChI=1S/C15H15N5O3S/c1-11(21)17-12-5-7-13(8-6-12)24(22,23)16-10-15-19-18-14-4-2-3-9-20(14)15/h2-9,16H,10H2,1H3,(H,17,21). The number of sulfonamides is 1. The van der Waals surface area contributed by atoms with Crippen molar-refractivity contribution in [2.75, 3.05) is 5.32 Å². The van der Waals surface area contributed by atoms with Crippen LogP contribution in [0.25, 0.3) is 5.65 Å². The molecule has 2 N–H and O–H groups in total. The minimum Gasteiger partial charge on any atom is -0.326 e. The summed E-state index contributed by atoms with van der Waals surface area (Å²) in [6.07, 6.45) is 1.77. The maximum Gasteiger partial charge on any atom is 0.240 e. The van der Waals surface area contributed by atoms with E-state index in [1.54, 1.807) is 16.7 Å². The first-order chi connectivity index (χ1) is 11.5. The minimum atomic E-state index is -3.69. The largest absolute Gasteiger partial charge is 0.326 e. The van der Waals surface area contributed by atoms with Crippen LogP contribution < -0.4 is 10.0 Å². The van der Waals surface area contributed by atoms with Gasteiger partial charge in [-0.3, -0.25) is 9.20 Å². The number of fused-ring (bicyclic) bond motifs is 1. The van der Waals surface area contributed by atoms with E-state index in [2.05, 4.69) is 20.2 Å². The molecule has 0 spiro atoms. The first kappa shape index (κ1) is 16.1. The number of nitrogens with one attached hydrogen (secondary N) is 2. The smallest absolute Gasteiger partial charge is 0.240 e. The average Bonchev–Trinajstić information content (AvgIpc) is 2.96. The van der Waals surface area contributed by atoms with Gasteiger partial charge in [0.15, 0.2) is 11.5 Å². The summed E-state index contributed by atoms with van der Waals surface area (Å²) in [5.41, 5.74) is 1.18. The van der Waals surface area contributed by atoms with Gasteiger partial charge in [0.1, 0.15) is 0 Å². The summed E-state index contributed by atoms with van der Waals surface area (Å²) >= 11 is 0. The zero-order valence-electron chi connectivity index (χ0n) is 12.8. The predicted octanol–water partition coefficient (Wildman–Crippen LogP) is 1.17. The van der Waals surface area contributed by atoms with Crippen LogP contribution in [0.4, 0.5) is 5.69 Å². The quantitative estimate of drug-likeness (QED) is 0.722. The van der Waals surface area contributed by atoms with Crippen molar-refractivity contribution in [2.45, 2.75) is 18.4 Å². The monoisotopic (exact) mass is 345 g/mol. The molecule has 0 aliphatic rings. The fraction of sp³-hybridized carbons (Fsp3) is 0.133. The Hall–Kier alpha value is -2.78. The number of benzene rings is 1. The van der Waals surface area contributed by atoms with Gasteiger partial charge in [0.05, 0.1) is 11.4 Å². The molecular formula is C15H15N5O3S. The van der Waals surface area contributed by atoms with Gasteiger partial charge in [-0.1, -0.05) is 6.07 Å². The van der Waals surface area contributed by atoms with E-state index in [0.29, 0.717) is 17.2 Å². The number of hydrogen-bond donors (Lipinski definition) is 2. The molecule has 0 unspecified atom stereocenters. The molecule has 24 heavy (non-hydrogen) atoms. The molecule has 2 aromatic heterocycles. The van der Waals surface area contributed by atoms with E-state index in [1.807, 2.05) is 12.1 Å². The van der Waals surface area contributed by atoms with Crippen molar-refractivity contribution in [1.82, 2.24) is 19.3 Å². The molecule has 0 saturated carbocycles. The van der Waals surface area contributed by atoms with Crippen molar-refractivity contribution in [3.63, 3.8) is 0 Å². The number of nitrogens with zero attached hydrogens (tertiary/aromatic N) is 3. The van der Waals surface area contributed by atoms with Crippen LogP contribution >= 0.6 is 0 Å². The second-order valence-electron chi connectivity index (χ2n) is 5.08. The highest BCUT2D eigenvalue weighted by Gasteiger charge is 2.15. The molecule has 124 valence electrons. The third-order valence-electron chi connectivity index (χ3n) is 3.29. The Kier molecular flexibility index (Phi) is 4.28. The van der Waals surface area contributed by atoms with Crippen LogP contribution in [0.2, 0.25) is 0 Å². The Morgan fingerprint density at radius 2 is 1.88 bits per heavy atom. The molecule has 8 nitrogen and oxygen atoms in total. The van der Waals surface area contributed by atoms with Crippen LogP contribution in [0.5, 0.6) is 0 Å². The summed E-state index contributed by atoms with van der Waals surface area (Å²) in [4.78, 5) is 11.1. The number of carbonyl (C=O) groups is 1. The van der Waals surface area contributed by atoms with Gasteiger partial charge in [-0.2, -0.15) is 0 Å². The van der Waals surface area contributed by atoms with Gasteiger partial charge < -0.3 is 5.32 Å². The van der Waals surface area contributed by atoms with E-state index in [0.717, 1.165) is 0 Å². The van der Waals surface area contributed by atoms with Gasteiger partial charge in [0.2, 0.25) is 15.9 Å². The molecule has 0 fully saturated rings. The summed E-state index contributed by atoms with van der Waals surface area (Å²) in [6, 6.07) is 11.3. The fourth-order valence-electron chi connectivity index (χ4n) is 2.18. The van der Waals surface area contributed by atoms with Crippen LogP contribution in [0.3, 0.4) is 0 Å². The molecule has 0 atom stereocenters. The maximum atomic E-state index is 12.3. The molecule has 0 saturated heterocycles. The summed E-state index contributed by atoms with van der Waals surface area (Å²) in [6.45, 7) is 1.40. The minimum absolute atomic E-state index is 0.0148. The van der Waals surface area contributed by atoms with Crippen molar-refractivity contribution in [2.24, 2.45) is 0 Å². The molecule has 2 heterocycles. The van der Waals surface area contributed by atoms with Crippen LogP contribution in [0.15, 0.2) is 53.6 Å². The van der Waals surface area contributed by atoms with E-state index in [-0.39, 0.29) is 17.3 Å². The van der Waals surface area contributed by atoms with Crippen LogP contribution in [-0.2, 0) is 21.4 Å². The Morgan fingerprint density at radius 3 is 2.58 bits per heavy atom. The van der Waals surface area contributed by atoms with Gasteiger partial charge in [-0.05, 0) is 36.4 Å². The molecule has 0 aliphatic heterocycles. The third-order valence-corrected chi connectivity index (χ3v) is 4.71. The molecule has 0 aliphatic carbocycles. The number of carbonyl (C=O) groups excluding carboxylic acids is 1. The zero-order chi connectivity index (χ0) is 17.2. The third kappa shape index (κ3) is 3.42. The lowest BCUT2D eigenvalue weighted by Crippen LogP contribution is -2.24. The summed E-state index contributed by atoms with van der Waals surface area (Å²) in [5.74, 6) is 0.270. The van der Waals surface area contributed by atoms with Crippen molar-refractivity contribution in [3.8, 4) is 0 Å². The second kappa shape index (κ2) is 6.38. The van der Waals surface area contributed by atoms with E-state index in [9.17, 15) is 13.2 Å². The zero-order valence-corrected chi connectivity index (χ0v) is 13.6. The van der Waals surface area contributed by atoms with Crippen molar-refractivity contribution >= 4 is 27.3 Å². The maximum absolute atomic E-state index is 12.3. The van der Waals surface area contributed by atoms with E-state index in [4.69, 9.17) is 0 Å². The number of pyridine rings is 1. The number of hydrogen-bond acceptors (Lipinski definition) is 5. The van der Waals surface area contributed by atoms with Gasteiger partial charge in [0, 0.05) is 18.8 Å². The highest BCUT2D eigenvalue weighted by atomic mass is 32.2. The van der Waals surface area contributed by atoms with Crippen LogP contribution in [-0.4, -0.2) is 28.9 Å². The lowest BCUT2D eigenvalue weighted by atomic mass is 10.3. The lowest BCUT2D eigenvalue weighted by Gasteiger charge is -2.07. The number of amides is 1. The first-order valence-electron chi connectivity index (χ1n) is 7.12. The number of anilines is 1. The fourth-order valence-corrected chi connectivity index (χ4v) is 3.16. The van der Waals surface area contributed by atoms with Crippen molar-refractivity contribution in [3.05, 3.63) is 54.5 Å². The Morgan fingerprint density at radius 1 is 1.12 bits per heavy atom. The number of aromatic nitrogens is 3. The van der Waals surface area contributed by atoms with Gasteiger partial charge >= 0.3 is 0 Å². The van der Waals surface area contributed by atoms with Crippen LogP contribution in [0.1, 0.15) is 12.7 Å². The predicted molar refractivity (Wildman–Crippen MR) is 87.8 cm³/mol. The van der Waals surface area contributed by atoms with E-state index < -0.39 is 10.0 Å². The van der Waals surface area contributed by atoms with E-state index in [1.165, 1.54) is 31.2 Å². The van der Waals surface area contributed by atoms with Gasteiger partial charge in [0.25, 0.3) is 0 Å².